The quantitative estimate of drug-likeness (QED) is 0.722. The van der Waals surface area contributed by atoms with Gasteiger partial charge < -0.3 is 9.88 Å². The largest absolute Gasteiger partial charge is 0.322 e. The maximum Gasteiger partial charge on any atom is 0.248 e. The molecule has 0 aliphatic heterocycles. The van der Waals surface area contributed by atoms with E-state index in [1.807, 2.05) is 29.7 Å². The van der Waals surface area contributed by atoms with Crippen molar-refractivity contribution in [2.75, 3.05) is 5.32 Å². The average molecular weight is 336 g/mol. The van der Waals surface area contributed by atoms with Gasteiger partial charge in [-0.25, -0.2) is 4.39 Å². The second-order valence-electron chi connectivity index (χ2n) is 5.37. The third-order valence-corrected chi connectivity index (χ3v) is 3.66. The van der Waals surface area contributed by atoms with Crippen molar-refractivity contribution in [3.8, 4) is 11.4 Å². The molecule has 1 N–H and O–H groups in total. The zero-order valence-electron chi connectivity index (χ0n) is 13.7. The molecule has 3 aromatic rings. The van der Waals surface area contributed by atoms with Gasteiger partial charge in [-0.2, -0.15) is 0 Å². The fourth-order valence-electron chi connectivity index (χ4n) is 2.41. The molecule has 2 aromatic carbocycles. The van der Waals surface area contributed by atoms with Crippen LogP contribution in [0.5, 0.6) is 0 Å². The molecule has 1 heterocycles. The summed E-state index contributed by atoms with van der Waals surface area (Å²) < 4.78 is 15.5. The number of hydrogen-bond donors (Lipinski definition) is 1. The molecular formula is C19H17FN4O. The van der Waals surface area contributed by atoms with E-state index in [9.17, 15) is 9.18 Å². The van der Waals surface area contributed by atoms with Crippen molar-refractivity contribution in [1.82, 2.24) is 14.8 Å². The van der Waals surface area contributed by atoms with Gasteiger partial charge >= 0.3 is 0 Å². The van der Waals surface area contributed by atoms with Gasteiger partial charge in [-0.1, -0.05) is 30.3 Å². The zero-order chi connectivity index (χ0) is 17.6. The van der Waals surface area contributed by atoms with Crippen molar-refractivity contribution >= 4 is 17.7 Å². The second-order valence-corrected chi connectivity index (χ2v) is 5.37. The minimum absolute atomic E-state index is 0.336. The first-order valence-electron chi connectivity index (χ1n) is 7.89. The third kappa shape index (κ3) is 3.98. The number of carbonyl (C=O) groups is 1. The minimum atomic E-state index is -0.368. The van der Waals surface area contributed by atoms with Gasteiger partial charge in [-0.3, -0.25) is 4.79 Å². The fourth-order valence-corrected chi connectivity index (χ4v) is 2.41. The summed E-state index contributed by atoms with van der Waals surface area (Å²) in [5.74, 6) is 0.0327. The Hall–Kier alpha value is -3.28. The molecule has 0 saturated heterocycles. The predicted octanol–water partition coefficient (Wildman–Crippen LogP) is 3.76. The van der Waals surface area contributed by atoms with Crippen LogP contribution in [0.15, 0.2) is 60.9 Å². The van der Waals surface area contributed by atoms with E-state index in [1.54, 1.807) is 30.6 Å². The number of hydrogen-bond acceptors (Lipinski definition) is 3. The summed E-state index contributed by atoms with van der Waals surface area (Å²) >= 11 is 0. The van der Waals surface area contributed by atoms with E-state index >= 15 is 0 Å². The van der Waals surface area contributed by atoms with E-state index in [1.165, 1.54) is 18.2 Å². The predicted molar refractivity (Wildman–Crippen MR) is 95.2 cm³/mol. The Balaban J connectivity index is 1.74. The highest BCUT2D eigenvalue weighted by molar-refractivity contribution is 6.02. The molecule has 0 fully saturated rings. The van der Waals surface area contributed by atoms with Crippen LogP contribution >= 0.6 is 0 Å². The molecule has 0 radical (unpaired) electrons. The van der Waals surface area contributed by atoms with Crippen LogP contribution in [0.1, 0.15) is 12.5 Å². The zero-order valence-corrected chi connectivity index (χ0v) is 13.7. The molecule has 25 heavy (non-hydrogen) atoms. The number of carbonyl (C=O) groups excluding carboxylic acids is 1. The standard InChI is InChI=1S/C19H17FN4O/c1-2-24-13-21-23-19(24)15-7-5-8-16(12-15)22-18(25)11-10-14-6-3-4-9-17(14)20/h3-13H,2H2,1H3,(H,22,25)/b11-10+. The van der Waals surface area contributed by atoms with Gasteiger partial charge in [0.1, 0.15) is 12.1 Å². The summed E-state index contributed by atoms with van der Waals surface area (Å²) in [6.07, 6.45) is 4.42. The lowest BCUT2D eigenvalue weighted by Crippen LogP contribution is -2.08. The van der Waals surface area contributed by atoms with Crippen molar-refractivity contribution < 1.29 is 9.18 Å². The molecule has 6 heteroatoms. The highest BCUT2D eigenvalue weighted by Crippen LogP contribution is 2.20. The molecule has 1 amide bonds. The molecule has 126 valence electrons. The Morgan fingerprint density at radius 1 is 1.24 bits per heavy atom. The van der Waals surface area contributed by atoms with Crippen LogP contribution in [0.25, 0.3) is 17.5 Å². The fraction of sp³-hybridized carbons (Fsp3) is 0.105. The van der Waals surface area contributed by atoms with Crippen LogP contribution in [0, 0.1) is 5.82 Å². The Morgan fingerprint density at radius 2 is 2.08 bits per heavy atom. The minimum Gasteiger partial charge on any atom is -0.322 e. The van der Waals surface area contributed by atoms with Gasteiger partial charge in [0, 0.05) is 29.4 Å². The molecule has 0 atom stereocenters. The second kappa shape index (κ2) is 7.53. The van der Waals surface area contributed by atoms with Gasteiger partial charge in [-0.15, -0.1) is 10.2 Å². The van der Waals surface area contributed by atoms with Gasteiger partial charge in [0.2, 0.25) is 5.91 Å². The molecule has 0 spiro atoms. The molecule has 0 saturated carbocycles. The smallest absolute Gasteiger partial charge is 0.248 e. The van der Waals surface area contributed by atoms with Crippen LogP contribution in [-0.4, -0.2) is 20.7 Å². The van der Waals surface area contributed by atoms with Crippen LogP contribution in [0.4, 0.5) is 10.1 Å². The lowest BCUT2D eigenvalue weighted by Gasteiger charge is -2.06. The number of nitrogens with zero attached hydrogens (tertiary/aromatic N) is 3. The average Bonchev–Trinajstić information content (AvgIpc) is 3.10. The topological polar surface area (TPSA) is 59.8 Å². The molecule has 0 unspecified atom stereocenters. The van der Waals surface area contributed by atoms with Crippen LogP contribution in [0.3, 0.4) is 0 Å². The number of rotatable bonds is 5. The molecule has 0 bridgehead atoms. The Bertz CT molecular complexity index is 917. The first kappa shape index (κ1) is 16.6. The Labute approximate surface area is 144 Å². The number of aromatic nitrogens is 3. The number of nitrogens with one attached hydrogen (secondary N) is 1. The molecule has 1 aromatic heterocycles. The van der Waals surface area contributed by atoms with Crippen LogP contribution in [0.2, 0.25) is 0 Å². The number of aryl methyl sites for hydroxylation is 1. The lowest BCUT2D eigenvalue weighted by atomic mass is 10.1. The first-order chi connectivity index (χ1) is 12.2. The molecule has 0 aliphatic carbocycles. The Kier molecular flexibility index (Phi) is 4.99. The maximum atomic E-state index is 13.6. The van der Waals surface area contributed by atoms with Gasteiger partial charge in [-0.05, 0) is 31.2 Å². The summed E-state index contributed by atoms with van der Waals surface area (Å²) in [4.78, 5) is 12.1. The third-order valence-electron chi connectivity index (χ3n) is 3.66. The lowest BCUT2D eigenvalue weighted by molar-refractivity contribution is -0.111. The Morgan fingerprint density at radius 3 is 2.88 bits per heavy atom. The van der Waals surface area contributed by atoms with E-state index in [2.05, 4.69) is 15.5 Å². The van der Waals surface area contributed by atoms with Crippen molar-refractivity contribution in [3.63, 3.8) is 0 Å². The maximum absolute atomic E-state index is 13.6. The number of anilines is 1. The molecule has 0 aliphatic rings. The van der Waals surface area contributed by atoms with Gasteiger partial charge in [0.05, 0.1) is 0 Å². The van der Waals surface area contributed by atoms with Crippen LogP contribution < -0.4 is 5.32 Å². The van der Waals surface area contributed by atoms with Gasteiger partial charge in [0.15, 0.2) is 5.82 Å². The highest BCUT2D eigenvalue weighted by atomic mass is 19.1. The van der Waals surface area contributed by atoms with E-state index in [0.717, 1.165) is 17.9 Å². The number of benzene rings is 2. The monoisotopic (exact) mass is 336 g/mol. The van der Waals surface area contributed by atoms with Crippen molar-refractivity contribution in [2.24, 2.45) is 0 Å². The number of halogens is 1. The van der Waals surface area contributed by atoms with E-state index in [0.29, 0.717) is 11.3 Å². The molecule has 5 nitrogen and oxygen atoms in total. The first-order valence-corrected chi connectivity index (χ1v) is 7.89. The van der Waals surface area contributed by atoms with E-state index in [-0.39, 0.29) is 11.7 Å². The summed E-state index contributed by atoms with van der Waals surface area (Å²) in [7, 11) is 0. The molecule has 3 rings (SSSR count). The summed E-state index contributed by atoms with van der Waals surface area (Å²) in [6.45, 7) is 2.76. The normalized spacial score (nSPS) is 11.0. The van der Waals surface area contributed by atoms with Crippen molar-refractivity contribution in [1.29, 1.82) is 0 Å². The SMILES string of the molecule is CCn1cnnc1-c1cccc(NC(=O)/C=C/c2ccccc2F)c1. The van der Waals surface area contributed by atoms with E-state index < -0.39 is 0 Å². The highest BCUT2D eigenvalue weighted by Gasteiger charge is 2.07. The number of amides is 1. The van der Waals surface area contributed by atoms with Crippen molar-refractivity contribution in [2.45, 2.75) is 13.5 Å². The van der Waals surface area contributed by atoms with Crippen LogP contribution in [-0.2, 0) is 11.3 Å². The molecular weight excluding hydrogens is 319 g/mol. The van der Waals surface area contributed by atoms with Crippen molar-refractivity contribution in [3.05, 3.63) is 72.3 Å². The van der Waals surface area contributed by atoms with Gasteiger partial charge in [0.25, 0.3) is 0 Å². The summed E-state index contributed by atoms with van der Waals surface area (Å²) in [5.41, 5.74) is 1.85. The van der Waals surface area contributed by atoms with E-state index in [4.69, 9.17) is 0 Å². The summed E-state index contributed by atoms with van der Waals surface area (Å²) in [6, 6.07) is 13.6. The summed E-state index contributed by atoms with van der Waals surface area (Å²) in [5, 5.41) is 10.8.